The number of hydrogen-bond donors (Lipinski definition) is 3. The molecule has 0 saturated heterocycles. The Hall–Kier alpha value is -4.87. The first-order valence-corrected chi connectivity index (χ1v) is 11.3. The van der Waals surface area contributed by atoms with E-state index in [4.69, 9.17) is 0 Å². The van der Waals surface area contributed by atoms with Gasteiger partial charge in [0.05, 0.1) is 0 Å². The van der Waals surface area contributed by atoms with Crippen LogP contribution >= 0.6 is 0 Å². The summed E-state index contributed by atoms with van der Waals surface area (Å²) >= 11 is 0. The van der Waals surface area contributed by atoms with E-state index < -0.39 is 11.8 Å². The fourth-order valence-electron chi connectivity index (χ4n) is 3.39. The first kappa shape index (κ1) is 25.2. The number of halogens is 1. The average Bonchev–Trinajstić information content (AvgIpc) is 3.36. The SMILES string of the molecule is Cc1cc(CNC(=O)c2cc(C(=O)NCc3ccc(NC(=O)N(C)C)cc3)n3ncnc3n2)ccc1F. The first-order chi connectivity index (χ1) is 17.7. The molecule has 37 heavy (non-hydrogen) atoms. The van der Waals surface area contributed by atoms with E-state index in [1.54, 1.807) is 57.4 Å². The number of amides is 4. The van der Waals surface area contributed by atoms with Crippen molar-refractivity contribution in [3.63, 3.8) is 0 Å². The molecule has 0 aliphatic carbocycles. The summed E-state index contributed by atoms with van der Waals surface area (Å²) in [5.41, 5.74) is 2.69. The highest BCUT2D eigenvalue weighted by Gasteiger charge is 2.18. The Balaban J connectivity index is 1.44. The van der Waals surface area contributed by atoms with Crippen LogP contribution in [0.5, 0.6) is 0 Å². The standard InChI is InChI=1S/C25H25FN8O3/c1-15-10-17(6-9-19(15)26)13-27-22(35)20-11-21(34-24(32-20)29-14-30-34)23(36)28-12-16-4-7-18(8-5-16)31-25(37)33(2)3/h4-11,14H,12-13H2,1-3H3,(H,27,35)(H,28,36)(H,31,37). The Morgan fingerprint density at radius 2 is 1.62 bits per heavy atom. The zero-order valence-electron chi connectivity index (χ0n) is 20.4. The van der Waals surface area contributed by atoms with Crippen molar-refractivity contribution < 1.29 is 18.8 Å². The number of carbonyl (C=O) groups is 3. The van der Waals surface area contributed by atoms with Gasteiger partial charge in [0.1, 0.15) is 23.5 Å². The van der Waals surface area contributed by atoms with Crippen molar-refractivity contribution in [3.05, 3.63) is 88.8 Å². The highest BCUT2D eigenvalue weighted by Crippen LogP contribution is 2.12. The van der Waals surface area contributed by atoms with Crippen LogP contribution in [0.3, 0.4) is 0 Å². The Morgan fingerprint density at radius 3 is 2.32 bits per heavy atom. The second kappa shape index (κ2) is 10.8. The van der Waals surface area contributed by atoms with E-state index >= 15 is 0 Å². The van der Waals surface area contributed by atoms with E-state index in [1.165, 1.54) is 27.9 Å². The quantitative estimate of drug-likeness (QED) is 0.354. The molecule has 2 aromatic heterocycles. The lowest BCUT2D eigenvalue weighted by atomic mass is 10.1. The molecule has 190 valence electrons. The van der Waals surface area contributed by atoms with Crippen LogP contribution in [-0.4, -0.2) is 56.4 Å². The van der Waals surface area contributed by atoms with Gasteiger partial charge in [-0.3, -0.25) is 9.59 Å². The molecule has 4 rings (SSSR count). The van der Waals surface area contributed by atoms with Crippen molar-refractivity contribution in [3.8, 4) is 0 Å². The molecule has 2 heterocycles. The van der Waals surface area contributed by atoms with Crippen molar-refractivity contribution in [1.29, 1.82) is 0 Å². The van der Waals surface area contributed by atoms with Crippen LogP contribution in [-0.2, 0) is 13.1 Å². The highest BCUT2D eigenvalue weighted by atomic mass is 19.1. The summed E-state index contributed by atoms with van der Waals surface area (Å²) < 4.78 is 14.7. The zero-order valence-corrected chi connectivity index (χ0v) is 20.4. The van der Waals surface area contributed by atoms with Gasteiger partial charge < -0.3 is 20.9 Å². The lowest BCUT2D eigenvalue weighted by Crippen LogP contribution is -2.28. The summed E-state index contributed by atoms with van der Waals surface area (Å²) in [6.07, 6.45) is 1.24. The molecule has 0 bridgehead atoms. The summed E-state index contributed by atoms with van der Waals surface area (Å²) in [6.45, 7) is 2.00. The molecule has 11 nitrogen and oxygen atoms in total. The van der Waals surface area contributed by atoms with Crippen molar-refractivity contribution in [2.24, 2.45) is 0 Å². The predicted octanol–water partition coefficient (Wildman–Crippen LogP) is 2.53. The third-order valence-corrected chi connectivity index (χ3v) is 5.46. The number of nitrogens with one attached hydrogen (secondary N) is 3. The fourth-order valence-corrected chi connectivity index (χ4v) is 3.39. The van der Waals surface area contributed by atoms with Crippen LogP contribution in [0.2, 0.25) is 0 Å². The van der Waals surface area contributed by atoms with E-state index in [1.807, 2.05) is 0 Å². The third-order valence-electron chi connectivity index (χ3n) is 5.46. The molecule has 0 spiro atoms. The van der Waals surface area contributed by atoms with Crippen LogP contribution in [0.4, 0.5) is 14.9 Å². The second-order valence-electron chi connectivity index (χ2n) is 8.47. The van der Waals surface area contributed by atoms with Gasteiger partial charge in [0.25, 0.3) is 17.6 Å². The number of hydrogen-bond acceptors (Lipinski definition) is 6. The summed E-state index contributed by atoms with van der Waals surface area (Å²) in [4.78, 5) is 47.1. The van der Waals surface area contributed by atoms with Crippen molar-refractivity contribution in [2.45, 2.75) is 20.0 Å². The van der Waals surface area contributed by atoms with Crippen molar-refractivity contribution in [2.75, 3.05) is 19.4 Å². The number of urea groups is 1. The maximum Gasteiger partial charge on any atom is 0.321 e. The molecule has 4 amide bonds. The molecule has 0 saturated carbocycles. The summed E-state index contributed by atoms with van der Waals surface area (Å²) in [5.74, 6) is -1.23. The Labute approximate surface area is 211 Å². The van der Waals surface area contributed by atoms with E-state index in [-0.39, 0.29) is 42.1 Å². The largest absolute Gasteiger partial charge is 0.347 e. The van der Waals surface area contributed by atoms with Crippen LogP contribution in [0.1, 0.15) is 37.7 Å². The zero-order chi connectivity index (χ0) is 26.5. The number of aromatic nitrogens is 4. The molecule has 0 unspecified atom stereocenters. The molecular weight excluding hydrogens is 479 g/mol. The molecule has 0 fully saturated rings. The molecule has 0 aliphatic rings. The normalized spacial score (nSPS) is 10.7. The number of benzene rings is 2. The highest BCUT2D eigenvalue weighted by molar-refractivity contribution is 5.98. The first-order valence-electron chi connectivity index (χ1n) is 11.3. The van der Waals surface area contributed by atoms with Gasteiger partial charge in [-0.25, -0.2) is 14.2 Å². The smallest absolute Gasteiger partial charge is 0.321 e. The average molecular weight is 505 g/mol. The minimum absolute atomic E-state index is 0.00882. The van der Waals surface area contributed by atoms with Crippen molar-refractivity contribution in [1.82, 2.24) is 35.1 Å². The molecule has 0 atom stereocenters. The van der Waals surface area contributed by atoms with E-state index in [0.717, 1.165) is 11.1 Å². The van der Waals surface area contributed by atoms with Crippen LogP contribution in [0.15, 0.2) is 54.9 Å². The number of nitrogens with zero attached hydrogens (tertiary/aromatic N) is 5. The molecule has 0 aliphatic heterocycles. The van der Waals surface area contributed by atoms with Crippen LogP contribution in [0.25, 0.3) is 5.78 Å². The summed E-state index contributed by atoms with van der Waals surface area (Å²) in [6, 6.07) is 12.7. The van der Waals surface area contributed by atoms with Gasteiger partial charge in [-0.05, 0) is 41.8 Å². The number of aryl methyl sites for hydroxylation is 1. The summed E-state index contributed by atoms with van der Waals surface area (Å²) in [7, 11) is 3.29. The maximum absolute atomic E-state index is 13.5. The van der Waals surface area contributed by atoms with Gasteiger partial charge in [0, 0.05) is 38.9 Å². The van der Waals surface area contributed by atoms with Gasteiger partial charge in [-0.2, -0.15) is 14.6 Å². The maximum atomic E-state index is 13.5. The topological polar surface area (TPSA) is 134 Å². The van der Waals surface area contributed by atoms with E-state index in [2.05, 4.69) is 31.0 Å². The number of fused-ring (bicyclic) bond motifs is 1. The third kappa shape index (κ3) is 6.04. The van der Waals surface area contributed by atoms with E-state index in [9.17, 15) is 18.8 Å². The number of carbonyl (C=O) groups excluding carboxylic acids is 3. The summed E-state index contributed by atoms with van der Waals surface area (Å²) in [5, 5.41) is 12.3. The van der Waals surface area contributed by atoms with Gasteiger partial charge in [-0.1, -0.05) is 24.3 Å². The lowest BCUT2D eigenvalue weighted by Gasteiger charge is -2.12. The van der Waals surface area contributed by atoms with Crippen LogP contribution in [0, 0.1) is 12.7 Å². The monoisotopic (exact) mass is 504 g/mol. The number of rotatable bonds is 7. The van der Waals surface area contributed by atoms with Gasteiger partial charge in [0.15, 0.2) is 0 Å². The van der Waals surface area contributed by atoms with Gasteiger partial charge in [0.2, 0.25) is 0 Å². The molecule has 12 heteroatoms. The minimum atomic E-state index is -0.517. The Kier molecular flexibility index (Phi) is 7.37. The second-order valence-corrected chi connectivity index (χ2v) is 8.47. The van der Waals surface area contributed by atoms with Gasteiger partial charge >= 0.3 is 6.03 Å². The minimum Gasteiger partial charge on any atom is -0.347 e. The van der Waals surface area contributed by atoms with Gasteiger partial charge in [-0.15, -0.1) is 0 Å². The molecule has 4 aromatic rings. The molecule has 2 aromatic carbocycles. The van der Waals surface area contributed by atoms with Crippen LogP contribution < -0.4 is 16.0 Å². The van der Waals surface area contributed by atoms with Crippen molar-refractivity contribution >= 4 is 29.3 Å². The Bertz CT molecular complexity index is 1470. The molecular formula is C25H25FN8O3. The predicted molar refractivity (Wildman–Crippen MR) is 133 cm³/mol. The molecule has 3 N–H and O–H groups in total. The fraction of sp³-hybridized carbons (Fsp3) is 0.200. The van der Waals surface area contributed by atoms with E-state index in [0.29, 0.717) is 11.3 Å². The lowest BCUT2D eigenvalue weighted by molar-refractivity contribution is 0.0942. The number of anilines is 1. The Morgan fingerprint density at radius 1 is 0.946 bits per heavy atom. The molecule has 0 radical (unpaired) electrons.